The number of anilines is 1. The molecule has 3 fully saturated rings. The fourth-order valence-corrected chi connectivity index (χ4v) is 6.59. The molecule has 5 rings (SSSR count). The molecule has 4 heterocycles. The maximum Gasteiger partial charge on any atom is 0.322 e. The maximum atomic E-state index is 13.2. The van der Waals surface area contributed by atoms with Crippen molar-refractivity contribution in [3.8, 4) is 0 Å². The Bertz CT molecular complexity index is 939. The van der Waals surface area contributed by atoms with E-state index in [-0.39, 0.29) is 29.8 Å². The van der Waals surface area contributed by atoms with E-state index >= 15 is 0 Å². The Labute approximate surface area is 214 Å². The molecule has 36 heavy (non-hydrogen) atoms. The number of likely N-dealkylation sites (tertiary alicyclic amines) is 2. The van der Waals surface area contributed by atoms with Crippen molar-refractivity contribution in [2.24, 2.45) is 0 Å². The first-order chi connectivity index (χ1) is 17.6. The Balaban J connectivity index is 1.09. The molecular weight excluding hydrogens is 454 g/mol. The summed E-state index contributed by atoms with van der Waals surface area (Å²) in [5, 5.41) is 6.48. The molecule has 1 aromatic carbocycles. The van der Waals surface area contributed by atoms with Crippen LogP contribution < -0.4 is 10.6 Å². The van der Waals surface area contributed by atoms with Gasteiger partial charge in [-0.2, -0.15) is 0 Å². The fourth-order valence-electron chi connectivity index (χ4n) is 6.59. The molecule has 0 spiro atoms. The van der Waals surface area contributed by atoms with Crippen LogP contribution in [0.15, 0.2) is 24.3 Å². The van der Waals surface area contributed by atoms with Crippen LogP contribution in [0.3, 0.4) is 0 Å². The molecule has 4 aliphatic rings. The normalized spacial score (nSPS) is 24.7. The second-order valence-corrected chi connectivity index (χ2v) is 10.8. The molecule has 0 aromatic heterocycles. The molecule has 0 saturated carbocycles. The lowest BCUT2D eigenvalue weighted by Gasteiger charge is -2.42. The number of hydrogen-bond donors (Lipinski definition) is 2. The molecule has 3 amide bonds. The van der Waals surface area contributed by atoms with E-state index in [1.807, 2.05) is 28.0 Å². The van der Waals surface area contributed by atoms with Crippen LogP contribution in [0, 0.1) is 0 Å². The molecular formula is C28H41N5O3. The minimum atomic E-state index is -0.0406. The average molecular weight is 496 g/mol. The van der Waals surface area contributed by atoms with Crippen molar-refractivity contribution in [1.82, 2.24) is 20.0 Å². The largest absolute Gasteiger partial charge is 0.343 e. The van der Waals surface area contributed by atoms with Gasteiger partial charge in [-0.3, -0.25) is 14.5 Å². The number of rotatable bonds is 6. The number of para-hydroxylation sites is 1. The predicted molar refractivity (Wildman–Crippen MR) is 140 cm³/mol. The van der Waals surface area contributed by atoms with Crippen LogP contribution in [0.1, 0.15) is 63.4 Å². The van der Waals surface area contributed by atoms with Gasteiger partial charge in [-0.05, 0) is 76.2 Å². The van der Waals surface area contributed by atoms with Gasteiger partial charge in [-0.25, -0.2) is 4.79 Å². The molecule has 8 heteroatoms. The lowest BCUT2D eigenvalue weighted by atomic mass is 9.91. The molecule has 0 bridgehead atoms. The Morgan fingerprint density at radius 2 is 1.64 bits per heavy atom. The minimum Gasteiger partial charge on any atom is -0.343 e. The van der Waals surface area contributed by atoms with E-state index in [4.69, 9.17) is 0 Å². The predicted octanol–water partition coefficient (Wildman–Crippen LogP) is 3.02. The fraction of sp³-hybridized carbons (Fsp3) is 0.679. The third-order valence-electron chi connectivity index (χ3n) is 8.68. The molecule has 4 aliphatic heterocycles. The second-order valence-electron chi connectivity index (χ2n) is 10.8. The highest BCUT2D eigenvalue weighted by molar-refractivity contribution is 5.91. The topological polar surface area (TPSA) is 85.0 Å². The summed E-state index contributed by atoms with van der Waals surface area (Å²) in [4.78, 5) is 45.3. The number of fused-ring (bicyclic) bond motifs is 1. The summed E-state index contributed by atoms with van der Waals surface area (Å²) < 4.78 is 0. The SMILES string of the molecule is O=C(CCC(=O)N1CCC(N2CCc3ccccc3NC2=O)CC1)C1CCCCN1C1CCNCC1. The number of carbonyl (C=O) groups excluding carboxylic acids is 3. The number of amides is 3. The van der Waals surface area contributed by atoms with Crippen molar-refractivity contribution >= 4 is 23.4 Å². The highest BCUT2D eigenvalue weighted by Gasteiger charge is 2.35. The van der Waals surface area contributed by atoms with E-state index in [1.165, 1.54) is 12.0 Å². The van der Waals surface area contributed by atoms with Gasteiger partial charge in [0.25, 0.3) is 0 Å². The third-order valence-corrected chi connectivity index (χ3v) is 8.68. The number of benzene rings is 1. The van der Waals surface area contributed by atoms with Gasteiger partial charge in [-0.15, -0.1) is 0 Å². The van der Waals surface area contributed by atoms with Gasteiger partial charge in [0.05, 0.1) is 6.04 Å². The van der Waals surface area contributed by atoms with Crippen molar-refractivity contribution in [2.45, 2.75) is 82.3 Å². The summed E-state index contributed by atoms with van der Waals surface area (Å²) in [6.07, 6.45) is 8.49. The molecule has 196 valence electrons. The standard InChI is InChI=1S/C28H41N5O3/c34-26(25-7-3-4-17-32(25)22-10-15-29-16-11-22)8-9-27(35)31-18-13-23(14-19-31)33-20-12-21-5-1-2-6-24(21)30-28(33)36/h1-2,5-6,22-23,25,29H,3-4,7-20H2,(H,30,36). The van der Waals surface area contributed by atoms with Crippen molar-refractivity contribution in [2.75, 3.05) is 44.6 Å². The molecule has 1 atom stereocenters. The summed E-state index contributed by atoms with van der Waals surface area (Å²) in [6, 6.07) is 8.58. The minimum absolute atomic E-state index is 0.00828. The van der Waals surface area contributed by atoms with Gasteiger partial charge in [0.2, 0.25) is 5.91 Å². The first-order valence-corrected chi connectivity index (χ1v) is 14.0. The summed E-state index contributed by atoms with van der Waals surface area (Å²) >= 11 is 0. The highest BCUT2D eigenvalue weighted by atomic mass is 16.2. The van der Waals surface area contributed by atoms with E-state index in [9.17, 15) is 14.4 Å². The van der Waals surface area contributed by atoms with Crippen LogP contribution in [-0.4, -0.2) is 89.8 Å². The van der Waals surface area contributed by atoms with Crippen molar-refractivity contribution in [1.29, 1.82) is 0 Å². The summed E-state index contributed by atoms with van der Waals surface area (Å²) in [5.74, 6) is 0.330. The smallest absolute Gasteiger partial charge is 0.322 e. The van der Waals surface area contributed by atoms with Gasteiger partial charge in [0, 0.05) is 50.2 Å². The number of nitrogens with one attached hydrogen (secondary N) is 2. The van der Waals surface area contributed by atoms with E-state index in [1.54, 1.807) is 0 Å². The number of carbonyl (C=O) groups is 3. The van der Waals surface area contributed by atoms with Gasteiger partial charge in [-0.1, -0.05) is 24.6 Å². The highest BCUT2D eigenvalue weighted by Crippen LogP contribution is 2.27. The molecule has 2 N–H and O–H groups in total. The zero-order chi connectivity index (χ0) is 24.9. The molecule has 3 saturated heterocycles. The van der Waals surface area contributed by atoms with E-state index in [2.05, 4.69) is 21.6 Å². The summed E-state index contributed by atoms with van der Waals surface area (Å²) in [6.45, 7) is 5.08. The zero-order valence-corrected chi connectivity index (χ0v) is 21.4. The van der Waals surface area contributed by atoms with Crippen molar-refractivity contribution in [3.63, 3.8) is 0 Å². The Morgan fingerprint density at radius 3 is 2.44 bits per heavy atom. The summed E-state index contributed by atoms with van der Waals surface area (Å²) in [5.41, 5.74) is 2.07. The number of urea groups is 1. The van der Waals surface area contributed by atoms with Crippen LogP contribution in [0.4, 0.5) is 10.5 Å². The molecule has 0 radical (unpaired) electrons. The van der Waals surface area contributed by atoms with E-state index < -0.39 is 0 Å². The molecule has 0 aliphatic carbocycles. The van der Waals surface area contributed by atoms with Crippen molar-refractivity contribution < 1.29 is 14.4 Å². The number of ketones is 1. The zero-order valence-electron chi connectivity index (χ0n) is 21.4. The first-order valence-electron chi connectivity index (χ1n) is 14.0. The average Bonchev–Trinajstić information content (AvgIpc) is 3.10. The van der Waals surface area contributed by atoms with Crippen LogP contribution in [0.2, 0.25) is 0 Å². The lowest BCUT2D eigenvalue weighted by Crippen LogP contribution is -2.53. The Morgan fingerprint density at radius 1 is 0.861 bits per heavy atom. The second kappa shape index (κ2) is 11.7. The van der Waals surface area contributed by atoms with Crippen molar-refractivity contribution in [3.05, 3.63) is 29.8 Å². The first kappa shape index (κ1) is 25.2. The quantitative estimate of drug-likeness (QED) is 0.634. The Kier molecular flexibility index (Phi) is 8.22. The summed E-state index contributed by atoms with van der Waals surface area (Å²) in [7, 11) is 0. The van der Waals surface area contributed by atoms with Crippen LogP contribution >= 0.6 is 0 Å². The van der Waals surface area contributed by atoms with Crippen LogP contribution in [0.5, 0.6) is 0 Å². The molecule has 1 aromatic rings. The van der Waals surface area contributed by atoms with Gasteiger partial charge in [0.15, 0.2) is 0 Å². The number of Topliss-reactive ketones (excluding diaryl/α,β-unsaturated/α-hetero) is 1. The monoisotopic (exact) mass is 495 g/mol. The van der Waals surface area contributed by atoms with Crippen LogP contribution in [-0.2, 0) is 16.0 Å². The van der Waals surface area contributed by atoms with Gasteiger partial charge >= 0.3 is 6.03 Å². The maximum absolute atomic E-state index is 13.2. The van der Waals surface area contributed by atoms with Gasteiger partial charge in [0.1, 0.15) is 5.78 Å². The van der Waals surface area contributed by atoms with Crippen LogP contribution in [0.25, 0.3) is 0 Å². The van der Waals surface area contributed by atoms with E-state index in [0.29, 0.717) is 38.5 Å². The molecule has 8 nitrogen and oxygen atoms in total. The molecule has 1 unspecified atom stereocenters. The van der Waals surface area contributed by atoms with E-state index in [0.717, 1.165) is 70.3 Å². The lowest BCUT2D eigenvalue weighted by molar-refractivity contribution is -0.136. The Hall–Kier alpha value is -2.45. The number of piperidine rings is 3. The third kappa shape index (κ3) is 5.75. The van der Waals surface area contributed by atoms with Gasteiger partial charge < -0.3 is 20.4 Å². The number of hydrogen-bond acceptors (Lipinski definition) is 5. The number of nitrogens with zero attached hydrogens (tertiary/aromatic N) is 3.